The molecule has 0 bridgehead atoms. The summed E-state index contributed by atoms with van der Waals surface area (Å²) in [5.41, 5.74) is 0.113. The number of hydrogen-bond acceptors (Lipinski definition) is 2. The molecule has 6 heteroatoms. The summed E-state index contributed by atoms with van der Waals surface area (Å²) < 4.78 is 24.9. The minimum atomic E-state index is -2.64. The average Bonchev–Trinajstić information content (AvgIpc) is 2.16. The highest BCUT2D eigenvalue weighted by Crippen LogP contribution is 2.31. The predicted octanol–water partition coefficient (Wildman–Crippen LogP) is 3.33. The van der Waals surface area contributed by atoms with Gasteiger partial charge in [-0.05, 0) is 15.9 Å². The van der Waals surface area contributed by atoms with Crippen molar-refractivity contribution in [2.75, 3.05) is 0 Å². The van der Waals surface area contributed by atoms with Crippen LogP contribution < -0.4 is 0 Å². The third-order valence-electron chi connectivity index (χ3n) is 1.65. The van der Waals surface area contributed by atoms with Crippen LogP contribution in [0.5, 0.6) is 0 Å². The molecule has 14 heavy (non-hydrogen) atoms. The highest BCUT2D eigenvalue weighted by Gasteiger charge is 2.17. The first-order valence-electron chi connectivity index (χ1n) is 3.58. The van der Waals surface area contributed by atoms with E-state index in [2.05, 4.69) is 20.9 Å². The number of pyridine rings is 1. The summed E-state index contributed by atoms with van der Waals surface area (Å²) in [6, 6.07) is 0. The van der Waals surface area contributed by atoms with Crippen LogP contribution in [0.4, 0.5) is 8.78 Å². The molecule has 0 radical (unpaired) electrons. The lowest BCUT2D eigenvalue weighted by Crippen LogP contribution is -2.00. The molecule has 0 aromatic carbocycles. The number of aldehydes is 1. The van der Waals surface area contributed by atoms with Crippen LogP contribution in [-0.2, 0) is 5.88 Å². The quantitative estimate of drug-likeness (QED) is 0.629. The van der Waals surface area contributed by atoms with Gasteiger partial charge in [-0.15, -0.1) is 11.6 Å². The van der Waals surface area contributed by atoms with E-state index in [1.807, 2.05) is 0 Å². The highest BCUT2D eigenvalue weighted by molar-refractivity contribution is 9.10. The SMILES string of the molecule is O=Cc1ncc(C(F)F)c(Br)c1CCl. The molecule has 0 saturated carbocycles. The van der Waals surface area contributed by atoms with Crippen LogP contribution in [0.2, 0.25) is 0 Å². The van der Waals surface area contributed by atoms with E-state index in [4.69, 9.17) is 11.6 Å². The molecular weight excluding hydrogens is 279 g/mol. The lowest BCUT2D eigenvalue weighted by atomic mass is 10.1. The van der Waals surface area contributed by atoms with Gasteiger partial charge in [0.25, 0.3) is 6.43 Å². The Balaban J connectivity index is 3.34. The maximum atomic E-state index is 12.4. The topological polar surface area (TPSA) is 30.0 Å². The van der Waals surface area contributed by atoms with Gasteiger partial charge in [-0.2, -0.15) is 0 Å². The summed E-state index contributed by atoms with van der Waals surface area (Å²) in [4.78, 5) is 14.1. The first-order chi connectivity index (χ1) is 6.61. The van der Waals surface area contributed by atoms with Gasteiger partial charge in [-0.1, -0.05) is 0 Å². The summed E-state index contributed by atoms with van der Waals surface area (Å²) in [6.45, 7) is 0. The maximum Gasteiger partial charge on any atom is 0.266 e. The van der Waals surface area contributed by atoms with E-state index in [1.54, 1.807) is 0 Å². The third-order valence-corrected chi connectivity index (χ3v) is 2.85. The molecule has 0 aliphatic rings. The van der Waals surface area contributed by atoms with Crippen LogP contribution in [-0.4, -0.2) is 11.3 Å². The Morgan fingerprint density at radius 3 is 2.71 bits per heavy atom. The molecule has 2 nitrogen and oxygen atoms in total. The third kappa shape index (κ3) is 2.09. The Bertz CT molecular complexity index is 359. The number of carbonyl (C=O) groups excluding carboxylic acids is 1. The van der Waals surface area contributed by atoms with Crippen LogP contribution >= 0.6 is 27.5 Å². The van der Waals surface area contributed by atoms with E-state index >= 15 is 0 Å². The van der Waals surface area contributed by atoms with Gasteiger partial charge in [-0.25, -0.2) is 8.78 Å². The van der Waals surface area contributed by atoms with E-state index in [-0.39, 0.29) is 21.6 Å². The molecular formula is C8H5BrClF2NO. The fraction of sp³-hybridized carbons (Fsp3) is 0.250. The molecule has 0 aliphatic carbocycles. The number of rotatable bonds is 3. The van der Waals surface area contributed by atoms with Crippen molar-refractivity contribution in [2.24, 2.45) is 0 Å². The van der Waals surface area contributed by atoms with Gasteiger partial charge >= 0.3 is 0 Å². The van der Waals surface area contributed by atoms with Gasteiger partial charge in [0.15, 0.2) is 6.29 Å². The van der Waals surface area contributed by atoms with Crippen molar-refractivity contribution in [1.82, 2.24) is 4.98 Å². The van der Waals surface area contributed by atoms with E-state index in [0.717, 1.165) is 6.20 Å². The zero-order chi connectivity index (χ0) is 10.7. The van der Waals surface area contributed by atoms with Crippen LogP contribution in [0.1, 0.15) is 28.0 Å². The summed E-state index contributed by atoms with van der Waals surface area (Å²) in [7, 11) is 0. The fourth-order valence-corrected chi connectivity index (χ4v) is 1.99. The lowest BCUT2D eigenvalue weighted by molar-refractivity contribution is 0.111. The molecule has 0 amide bonds. The smallest absolute Gasteiger partial charge is 0.266 e. The van der Waals surface area contributed by atoms with Crippen molar-refractivity contribution in [2.45, 2.75) is 12.3 Å². The van der Waals surface area contributed by atoms with Crippen molar-refractivity contribution in [3.8, 4) is 0 Å². The maximum absolute atomic E-state index is 12.4. The standard InChI is InChI=1S/C8H5BrClF2NO/c9-7-4(1-10)6(3-14)13-2-5(7)8(11)12/h2-3,8H,1H2. The molecule has 1 aromatic rings. The Morgan fingerprint density at radius 1 is 1.64 bits per heavy atom. The molecule has 0 N–H and O–H groups in total. The molecule has 1 aromatic heterocycles. The summed E-state index contributed by atoms with van der Waals surface area (Å²) in [6.07, 6.45) is -1.19. The summed E-state index contributed by atoms with van der Waals surface area (Å²) in [5.74, 6) is -0.0395. The largest absolute Gasteiger partial charge is 0.296 e. The van der Waals surface area contributed by atoms with Crippen LogP contribution in [0.25, 0.3) is 0 Å². The van der Waals surface area contributed by atoms with Crippen molar-refractivity contribution in [3.05, 3.63) is 27.5 Å². The van der Waals surface area contributed by atoms with Crippen molar-refractivity contribution >= 4 is 33.8 Å². The minimum Gasteiger partial charge on any atom is -0.296 e. The normalized spacial score (nSPS) is 10.6. The zero-order valence-electron chi connectivity index (χ0n) is 6.81. The number of hydrogen-bond donors (Lipinski definition) is 0. The number of aromatic nitrogens is 1. The first-order valence-corrected chi connectivity index (χ1v) is 4.91. The Kier molecular flexibility index (Phi) is 3.95. The lowest BCUT2D eigenvalue weighted by Gasteiger charge is -2.08. The van der Waals surface area contributed by atoms with Gasteiger partial charge in [0.05, 0.1) is 11.4 Å². The van der Waals surface area contributed by atoms with Gasteiger partial charge < -0.3 is 0 Å². The van der Waals surface area contributed by atoms with E-state index in [9.17, 15) is 13.6 Å². The van der Waals surface area contributed by atoms with Crippen molar-refractivity contribution in [1.29, 1.82) is 0 Å². The zero-order valence-corrected chi connectivity index (χ0v) is 9.15. The van der Waals surface area contributed by atoms with Crippen molar-refractivity contribution < 1.29 is 13.6 Å². The van der Waals surface area contributed by atoms with Crippen LogP contribution in [0.15, 0.2) is 10.7 Å². The Hall–Kier alpha value is -0.550. The molecule has 0 spiro atoms. The van der Waals surface area contributed by atoms with E-state index < -0.39 is 6.43 Å². The van der Waals surface area contributed by atoms with E-state index in [0.29, 0.717) is 11.8 Å². The van der Waals surface area contributed by atoms with Crippen molar-refractivity contribution in [3.63, 3.8) is 0 Å². The number of nitrogens with zero attached hydrogens (tertiary/aromatic N) is 1. The molecule has 0 saturated heterocycles. The molecule has 0 atom stereocenters. The second kappa shape index (κ2) is 4.79. The molecule has 1 heterocycles. The van der Waals surface area contributed by atoms with Crippen LogP contribution in [0.3, 0.4) is 0 Å². The molecule has 0 fully saturated rings. The van der Waals surface area contributed by atoms with Gasteiger partial charge in [0, 0.05) is 16.2 Å². The average molecular weight is 284 g/mol. The first kappa shape index (κ1) is 11.5. The summed E-state index contributed by atoms with van der Waals surface area (Å²) in [5, 5.41) is 0. The van der Waals surface area contributed by atoms with Gasteiger partial charge in [0.2, 0.25) is 0 Å². The summed E-state index contributed by atoms with van der Waals surface area (Å²) >= 11 is 8.49. The van der Waals surface area contributed by atoms with Gasteiger partial charge in [0.1, 0.15) is 5.69 Å². The van der Waals surface area contributed by atoms with Gasteiger partial charge in [-0.3, -0.25) is 9.78 Å². The monoisotopic (exact) mass is 283 g/mol. The minimum absolute atomic E-state index is 0.0395. The van der Waals surface area contributed by atoms with E-state index in [1.165, 1.54) is 0 Å². The number of carbonyl (C=O) groups is 1. The number of alkyl halides is 3. The van der Waals surface area contributed by atoms with Crippen LogP contribution in [0, 0.1) is 0 Å². The number of halogens is 4. The second-order valence-electron chi connectivity index (χ2n) is 2.44. The molecule has 0 unspecified atom stereocenters. The Morgan fingerprint density at radius 2 is 2.29 bits per heavy atom. The predicted molar refractivity (Wildman–Crippen MR) is 51.8 cm³/mol. The fourth-order valence-electron chi connectivity index (χ4n) is 0.941. The molecule has 0 aliphatic heterocycles. The Labute approximate surface area is 92.4 Å². The highest BCUT2D eigenvalue weighted by atomic mass is 79.9. The molecule has 1 rings (SSSR count). The molecule has 76 valence electrons. The second-order valence-corrected chi connectivity index (χ2v) is 3.50.